The van der Waals surface area contributed by atoms with Crippen molar-refractivity contribution >= 4 is 27.5 Å². The van der Waals surface area contributed by atoms with Crippen LogP contribution in [0.25, 0.3) is 5.65 Å². The number of aromatic nitrogens is 3. The van der Waals surface area contributed by atoms with Gasteiger partial charge in [0.1, 0.15) is 11.3 Å². The summed E-state index contributed by atoms with van der Waals surface area (Å²) in [5.74, 6) is 0.779. The first-order valence-electron chi connectivity index (χ1n) is 7.07. The van der Waals surface area contributed by atoms with Crippen LogP contribution in [0.2, 0.25) is 0 Å². The molecule has 1 aliphatic rings. The van der Waals surface area contributed by atoms with Crippen molar-refractivity contribution in [1.82, 2.24) is 19.5 Å². The quantitative estimate of drug-likeness (QED) is 0.704. The van der Waals surface area contributed by atoms with Crippen LogP contribution in [0.1, 0.15) is 35.0 Å². The highest BCUT2D eigenvalue weighted by Gasteiger charge is 2.33. The number of rotatable bonds is 2. The molecule has 1 saturated heterocycles. The zero-order valence-electron chi connectivity index (χ0n) is 11.6. The molecule has 0 spiro atoms. The zero-order valence-corrected chi connectivity index (χ0v) is 13.2. The molecule has 112 valence electrons. The topological polar surface area (TPSA) is 63.6 Å². The van der Waals surface area contributed by atoms with E-state index in [1.807, 2.05) is 17.0 Å². The van der Waals surface area contributed by atoms with Gasteiger partial charge in [0.25, 0.3) is 5.91 Å². The Bertz CT molecular complexity index is 827. The molecule has 1 amide bonds. The Kier molecular flexibility index (Phi) is 3.22. The van der Waals surface area contributed by atoms with Gasteiger partial charge in [0.15, 0.2) is 5.65 Å². The van der Waals surface area contributed by atoms with Gasteiger partial charge in [-0.2, -0.15) is 5.10 Å². The second-order valence-corrected chi connectivity index (χ2v) is 6.19. The molecule has 1 atom stereocenters. The van der Waals surface area contributed by atoms with Crippen LogP contribution in [-0.4, -0.2) is 31.9 Å². The standard InChI is InChI=1S/C15H13BrN4O2/c16-10-7-17-14-11(8-18-20(14)9-10)15(21)19-5-1-3-12(19)13-4-2-6-22-13/h2,4,6-9,12H,1,3,5H2/t12-/m0/s1. The third kappa shape index (κ3) is 2.12. The van der Waals surface area contributed by atoms with Crippen molar-refractivity contribution in [3.8, 4) is 0 Å². The minimum absolute atomic E-state index is 0.00658. The first-order valence-corrected chi connectivity index (χ1v) is 7.86. The van der Waals surface area contributed by atoms with Crippen LogP contribution in [-0.2, 0) is 0 Å². The van der Waals surface area contributed by atoms with Crippen LogP contribution in [0.5, 0.6) is 0 Å². The molecule has 0 saturated carbocycles. The molecule has 6 nitrogen and oxygen atoms in total. The molecule has 0 aliphatic carbocycles. The van der Waals surface area contributed by atoms with E-state index in [0.29, 0.717) is 11.2 Å². The number of halogens is 1. The summed E-state index contributed by atoms with van der Waals surface area (Å²) in [4.78, 5) is 19.0. The minimum atomic E-state index is -0.0521. The predicted molar refractivity (Wildman–Crippen MR) is 82.4 cm³/mol. The second-order valence-electron chi connectivity index (χ2n) is 5.27. The summed E-state index contributed by atoms with van der Waals surface area (Å²) in [6.45, 7) is 0.720. The number of carbonyl (C=O) groups is 1. The van der Waals surface area contributed by atoms with Gasteiger partial charge in [0, 0.05) is 18.9 Å². The van der Waals surface area contributed by atoms with E-state index in [4.69, 9.17) is 4.42 Å². The molecule has 3 aromatic rings. The van der Waals surface area contributed by atoms with Gasteiger partial charge in [-0.15, -0.1) is 0 Å². The van der Waals surface area contributed by atoms with E-state index >= 15 is 0 Å². The maximum atomic E-state index is 12.9. The molecule has 0 N–H and O–H groups in total. The van der Waals surface area contributed by atoms with Crippen molar-refractivity contribution in [2.75, 3.05) is 6.54 Å². The summed E-state index contributed by atoms with van der Waals surface area (Å²) < 4.78 is 7.90. The second kappa shape index (κ2) is 5.24. The van der Waals surface area contributed by atoms with E-state index in [-0.39, 0.29) is 11.9 Å². The summed E-state index contributed by atoms with van der Waals surface area (Å²) in [7, 11) is 0. The maximum Gasteiger partial charge on any atom is 0.259 e. The van der Waals surface area contributed by atoms with Gasteiger partial charge in [-0.3, -0.25) is 4.79 Å². The molecule has 0 aromatic carbocycles. The lowest BCUT2D eigenvalue weighted by Gasteiger charge is -2.22. The Morgan fingerprint density at radius 2 is 2.32 bits per heavy atom. The predicted octanol–water partition coefficient (Wildman–Crippen LogP) is 3.06. The fourth-order valence-electron chi connectivity index (χ4n) is 2.94. The van der Waals surface area contributed by atoms with Crippen LogP contribution >= 0.6 is 15.9 Å². The Morgan fingerprint density at radius 1 is 1.41 bits per heavy atom. The minimum Gasteiger partial charge on any atom is -0.467 e. The molecule has 0 radical (unpaired) electrons. The Morgan fingerprint density at radius 3 is 3.14 bits per heavy atom. The first-order chi connectivity index (χ1) is 10.7. The number of carbonyl (C=O) groups excluding carboxylic acids is 1. The van der Waals surface area contributed by atoms with E-state index in [1.165, 1.54) is 0 Å². The van der Waals surface area contributed by atoms with Crippen molar-refractivity contribution < 1.29 is 9.21 Å². The Hall–Kier alpha value is -2.15. The lowest BCUT2D eigenvalue weighted by Crippen LogP contribution is -2.30. The summed E-state index contributed by atoms with van der Waals surface area (Å²) in [6, 6.07) is 3.76. The van der Waals surface area contributed by atoms with E-state index < -0.39 is 0 Å². The van der Waals surface area contributed by atoms with Gasteiger partial charge in [0.2, 0.25) is 0 Å². The molecule has 0 unspecified atom stereocenters. The maximum absolute atomic E-state index is 12.9. The molecule has 0 bridgehead atoms. The largest absolute Gasteiger partial charge is 0.467 e. The summed E-state index contributed by atoms with van der Waals surface area (Å²) in [5.41, 5.74) is 1.09. The van der Waals surface area contributed by atoms with Crippen LogP contribution < -0.4 is 0 Å². The average Bonchev–Trinajstić information content (AvgIpc) is 3.25. The number of nitrogens with zero attached hydrogens (tertiary/aromatic N) is 4. The lowest BCUT2D eigenvalue weighted by atomic mass is 10.1. The molecular weight excluding hydrogens is 348 g/mol. The van der Waals surface area contributed by atoms with Crippen molar-refractivity contribution in [2.45, 2.75) is 18.9 Å². The summed E-state index contributed by atoms with van der Waals surface area (Å²) >= 11 is 3.35. The van der Waals surface area contributed by atoms with Crippen LogP contribution in [0.3, 0.4) is 0 Å². The molecule has 4 heterocycles. The molecular formula is C15H13BrN4O2. The van der Waals surface area contributed by atoms with Crippen molar-refractivity contribution in [2.24, 2.45) is 0 Å². The van der Waals surface area contributed by atoms with Crippen molar-refractivity contribution in [1.29, 1.82) is 0 Å². The third-order valence-electron chi connectivity index (χ3n) is 3.94. The normalized spacial score (nSPS) is 18.2. The number of amides is 1. The van der Waals surface area contributed by atoms with E-state index in [2.05, 4.69) is 26.0 Å². The molecule has 1 fully saturated rings. The molecule has 4 rings (SSSR count). The van der Waals surface area contributed by atoms with Gasteiger partial charge in [-0.25, -0.2) is 9.50 Å². The fourth-order valence-corrected chi connectivity index (χ4v) is 3.24. The Labute approximate surface area is 134 Å². The van der Waals surface area contributed by atoms with E-state index in [1.54, 1.807) is 29.4 Å². The van der Waals surface area contributed by atoms with Crippen molar-refractivity contribution in [3.63, 3.8) is 0 Å². The van der Waals surface area contributed by atoms with E-state index in [9.17, 15) is 4.79 Å². The summed E-state index contributed by atoms with van der Waals surface area (Å²) in [6.07, 6.45) is 8.56. The van der Waals surface area contributed by atoms with Gasteiger partial charge >= 0.3 is 0 Å². The monoisotopic (exact) mass is 360 g/mol. The van der Waals surface area contributed by atoms with Gasteiger partial charge in [0.05, 0.1) is 23.0 Å². The lowest BCUT2D eigenvalue weighted by molar-refractivity contribution is 0.0721. The van der Waals surface area contributed by atoms with Crippen LogP contribution in [0.15, 0.2) is 45.9 Å². The average molecular weight is 361 g/mol. The number of furan rings is 1. The molecule has 3 aromatic heterocycles. The SMILES string of the molecule is O=C(c1cnn2cc(Br)cnc12)N1CCC[C@H]1c1ccco1. The number of hydrogen-bond acceptors (Lipinski definition) is 4. The molecule has 22 heavy (non-hydrogen) atoms. The first kappa shape index (κ1) is 13.5. The van der Waals surface area contributed by atoms with Crippen molar-refractivity contribution in [3.05, 3.63) is 52.8 Å². The highest BCUT2D eigenvalue weighted by molar-refractivity contribution is 9.10. The smallest absolute Gasteiger partial charge is 0.259 e. The Balaban J connectivity index is 1.70. The highest BCUT2D eigenvalue weighted by atomic mass is 79.9. The van der Waals surface area contributed by atoms with Gasteiger partial charge in [-0.1, -0.05) is 0 Å². The highest BCUT2D eigenvalue weighted by Crippen LogP contribution is 2.33. The van der Waals surface area contributed by atoms with Crippen LogP contribution in [0.4, 0.5) is 0 Å². The van der Waals surface area contributed by atoms with E-state index in [0.717, 1.165) is 29.6 Å². The fraction of sp³-hybridized carbons (Fsp3) is 0.267. The summed E-state index contributed by atoms with van der Waals surface area (Å²) in [5, 5.41) is 4.21. The number of likely N-dealkylation sites (tertiary alicyclic amines) is 1. The number of fused-ring (bicyclic) bond motifs is 1. The molecule has 7 heteroatoms. The zero-order chi connectivity index (χ0) is 15.1. The molecule has 1 aliphatic heterocycles. The van der Waals surface area contributed by atoms with Crippen LogP contribution in [0, 0.1) is 0 Å². The number of hydrogen-bond donors (Lipinski definition) is 0. The van der Waals surface area contributed by atoms with Gasteiger partial charge in [-0.05, 0) is 40.9 Å². The third-order valence-corrected chi connectivity index (χ3v) is 4.35. The van der Waals surface area contributed by atoms with Gasteiger partial charge < -0.3 is 9.32 Å².